The maximum atomic E-state index is 11.4. The van der Waals surface area contributed by atoms with Gasteiger partial charge in [-0.15, -0.1) is 0 Å². The third-order valence-electron chi connectivity index (χ3n) is 2.77. The van der Waals surface area contributed by atoms with Crippen LogP contribution in [0.5, 0.6) is 17.2 Å². The van der Waals surface area contributed by atoms with E-state index in [0.717, 1.165) is 5.56 Å². The zero-order valence-electron chi connectivity index (χ0n) is 12.0. The Kier molecular flexibility index (Phi) is 5.49. The second kappa shape index (κ2) is 7.56. The van der Waals surface area contributed by atoms with Gasteiger partial charge >= 0.3 is 5.97 Å². The number of benzene rings is 2. The second-order valence-electron chi connectivity index (χ2n) is 4.59. The van der Waals surface area contributed by atoms with Crippen molar-refractivity contribution in [1.82, 2.24) is 0 Å². The van der Waals surface area contributed by atoms with E-state index in [-0.39, 0.29) is 17.5 Å². The first-order valence-corrected chi connectivity index (χ1v) is 7.97. The van der Waals surface area contributed by atoms with Gasteiger partial charge in [0.05, 0.1) is 5.75 Å². The van der Waals surface area contributed by atoms with Crippen LogP contribution in [-0.2, 0) is 4.79 Å². The van der Waals surface area contributed by atoms with Gasteiger partial charge in [0.1, 0.15) is 17.2 Å². The number of phenols is 2. The van der Waals surface area contributed by atoms with Crippen LogP contribution in [0.25, 0.3) is 12.2 Å². The Hall–Kier alpha value is -2.40. The van der Waals surface area contributed by atoms with E-state index < -0.39 is 0 Å². The van der Waals surface area contributed by atoms with Crippen LogP contribution in [0, 0.1) is 0 Å². The predicted octanol–water partition coefficient (Wildman–Crippen LogP) is 3.54. The molecule has 0 aliphatic carbocycles. The zero-order valence-corrected chi connectivity index (χ0v) is 12.8. The number of aromatic hydroxyl groups is 2. The molecule has 2 aromatic rings. The lowest BCUT2D eigenvalue weighted by atomic mass is 10.1. The summed E-state index contributed by atoms with van der Waals surface area (Å²) in [4.78, 5) is 11.4. The fraction of sp³-hybridized carbons (Fsp3) is 0.118. The summed E-state index contributed by atoms with van der Waals surface area (Å²) in [7, 11) is 0. The highest BCUT2D eigenvalue weighted by Crippen LogP contribution is 2.22. The SMILES string of the molecule is CSCC(=O)Oc1ccc(/C=C/c2cc(O)cc(O)c2)cc1. The molecule has 0 saturated carbocycles. The van der Waals surface area contributed by atoms with Crippen LogP contribution >= 0.6 is 11.8 Å². The maximum absolute atomic E-state index is 11.4. The van der Waals surface area contributed by atoms with Crippen LogP contribution in [0.3, 0.4) is 0 Å². The Morgan fingerprint density at radius 1 is 1.05 bits per heavy atom. The fourth-order valence-electron chi connectivity index (χ4n) is 1.83. The van der Waals surface area contributed by atoms with Crippen molar-refractivity contribution in [1.29, 1.82) is 0 Å². The molecule has 0 aliphatic heterocycles. The van der Waals surface area contributed by atoms with Gasteiger partial charge in [0.25, 0.3) is 0 Å². The van der Waals surface area contributed by atoms with Crippen molar-refractivity contribution in [3.63, 3.8) is 0 Å². The van der Waals surface area contributed by atoms with Gasteiger partial charge in [-0.3, -0.25) is 4.79 Å². The van der Waals surface area contributed by atoms with Crippen molar-refractivity contribution in [2.24, 2.45) is 0 Å². The van der Waals surface area contributed by atoms with Crippen molar-refractivity contribution in [2.75, 3.05) is 12.0 Å². The second-order valence-corrected chi connectivity index (χ2v) is 5.46. The minimum Gasteiger partial charge on any atom is -0.508 e. The molecule has 0 heterocycles. The van der Waals surface area contributed by atoms with Crippen LogP contribution in [0.4, 0.5) is 0 Å². The van der Waals surface area contributed by atoms with E-state index in [1.807, 2.05) is 24.5 Å². The molecule has 4 nitrogen and oxygen atoms in total. The molecule has 2 rings (SSSR count). The summed E-state index contributed by atoms with van der Waals surface area (Å²) in [6, 6.07) is 11.5. The molecular weight excluding hydrogens is 300 g/mol. The van der Waals surface area contributed by atoms with Crippen LogP contribution < -0.4 is 4.74 Å². The third-order valence-corrected chi connectivity index (χ3v) is 3.29. The molecule has 114 valence electrons. The first-order chi connectivity index (χ1) is 10.6. The molecule has 0 spiro atoms. The number of hydrogen-bond acceptors (Lipinski definition) is 5. The highest BCUT2D eigenvalue weighted by Gasteiger charge is 2.03. The van der Waals surface area contributed by atoms with Gasteiger partial charge < -0.3 is 14.9 Å². The highest BCUT2D eigenvalue weighted by molar-refractivity contribution is 7.99. The third kappa shape index (κ3) is 4.86. The summed E-state index contributed by atoms with van der Waals surface area (Å²) < 4.78 is 5.15. The van der Waals surface area contributed by atoms with E-state index in [1.165, 1.54) is 17.8 Å². The Morgan fingerprint density at radius 3 is 2.23 bits per heavy atom. The van der Waals surface area contributed by atoms with E-state index in [2.05, 4.69) is 0 Å². The van der Waals surface area contributed by atoms with Gasteiger partial charge in [-0.1, -0.05) is 24.3 Å². The molecule has 0 saturated heterocycles. The Morgan fingerprint density at radius 2 is 1.64 bits per heavy atom. The number of rotatable bonds is 5. The molecule has 0 amide bonds. The molecule has 0 fully saturated rings. The minimum absolute atomic E-state index is 0.00991. The molecule has 0 radical (unpaired) electrons. The van der Waals surface area contributed by atoms with E-state index in [4.69, 9.17) is 4.74 Å². The molecule has 0 aromatic heterocycles. The lowest BCUT2D eigenvalue weighted by Crippen LogP contribution is -2.10. The van der Waals surface area contributed by atoms with Crippen LogP contribution in [-0.4, -0.2) is 28.2 Å². The summed E-state index contributed by atoms with van der Waals surface area (Å²) in [6.07, 6.45) is 5.45. The molecule has 0 bridgehead atoms. The van der Waals surface area contributed by atoms with Crippen molar-refractivity contribution < 1.29 is 19.7 Å². The monoisotopic (exact) mass is 316 g/mol. The van der Waals surface area contributed by atoms with Gasteiger partial charge in [0.15, 0.2) is 0 Å². The number of carbonyl (C=O) groups is 1. The number of hydrogen-bond donors (Lipinski definition) is 2. The van der Waals surface area contributed by atoms with Gasteiger partial charge in [-0.2, -0.15) is 11.8 Å². The summed E-state index contributed by atoms with van der Waals surface area (Å²) >= 11 is 1.41. The number of carbonyl (C=O) groups excluding carboxylic acids is 1. The molecule has 2 aromatic carbocycles. The van der Waals surface area contributed by atoms with Gasteiger partial charge in [-0.25, -0.2) is 0 Å². The first-order valence-electron chi connectivity index (χ1n) is 6.57. The lowest BCUT2D eigenvalue weighted by Gasteiger charge is -2.03. The van der Waals surface area contributed by atoms with Crippen molar-refractivity contribution in [3.05, 3.63) is 53.6 Å². The smallest absolute Gasteiger partial charge is 0.321 e. The Balaban J connectivity index is 2.04. The van der Waals surface area contributed by atoms with Crippen molar-refractivity contribution in [2.45, 2.75) is 0 Å². The van der Waals surface area contributed by atoms with Gasteiger partial charge in [0, 0.05) is 6.07 Å². The molecule has 2 N–H and O–H groups in total. The van der Waals surface area contributed by atoms with Crippen molar-refractivity contribution in [3.8, 4) is 17.2 Å². The number of esters is 1. The standard InChI is InChI=1S/C17H16O4S/c1-22-11-17(20)21-16-6-4-12(5-7-16)2-3-13-8-14(18)10-15(19)9-13/h2-10,18-19H,11H2,1H3/b3-2+. The topological polar surface area (TPSA) is 66.8 Å². The first kappa shape index (κ1) is 16.0. The van der Waals surface area contributed by atoms with Crippen molar-refractivity contribution >= 4 is 29.9 Å². The fourth-order valence-corrected chi connectivity index (χ4v) is 2.13. The molecule has 5 heteroatoms. The zero-order chi connectivity index (χ0) is 15.9. The van der Waals surface area contributed by atoms with Gasteiger partial charge in [0.2, 0.25) is 0 Å². The Bertz CT molecular complexity index is 657. The average molecular weight is 316 g/mol. The normalized spacial score (nSPS) is 10.8. The summed E-state index contributed by atoms with van der Waals surface area (Å²) in [5, 5.41) is 18.8. The maximum Gasteiger partial charge on any atom is 0.321 e. The average Bonchev–Trinajstić information content (AvgIpc) is 2.46. The molecular formula is C17H16O4S. The predicted molar refractivity (Wildman–Crippen MR) is 89.2 cm³/mol. The minimum atomic E-state index is -0.272. The summed E-state index contributed by atoms with van der Waals surface area (Å²) in [5.74, 6) is 0.575. The Labute approximate surface area is 133 Å². The summed E-state index contributed by atoms with van der Waals surface area (Å²) in [5.41, 5.74) is 1.60. The molecule has 0 aliphatic rings. The largest absolute Gasteiger partial charge is 0.508 e. The van der Waals surface area contributed by atoms with Gasteiger partial charge in [-0.05, 0) is 41.6 Å². The summed E-state index contributed by atoms with van der Waals surface area (Å²) in [6.45, 7) is 0. The van der Waals surface area contributed by atoms with E-state index in [0.29, 0.717) is 17.1 Å². The molecule has 0 atom stereocenters. The van der Waals surface area contributed by atoms with Crippen LogP contribution in [0.2, 0.25) is 0 Å². The quantitative estimate of drug-likeness (QED) is 0.502. The van der Waals surface area contributed by atoms with Crippen LogP contribution in [0.1, 0.15) is 11.1 Å². The lowest BCUT2D eigenvalue weighted by molar-refractivity contribution is -0.131. The van der Waals surface area contributed by atoms with E-state index in [9.17, 15) is 15.0 Å². The van der Waals surface area contributed by atoms with E-state index >= 15 is 0 Å². The highest BCUT2D eigenvalue weighted by atomic mass is 32.2. The molecule has 22 heavy (non-hydrogen) atoms. The number of phenolic OH excluding ortho intramolecular Hbond substituents is 2. The van der Waals surface area contributed by atoms with E-state index in [1.54, 1.807) is 30.3 Å². The molecule has 0 unspecified atom stereocenters. The van der Waals surface area contributed by atoms with Crippen LogP contribution in [0.15, 0.2) is 42.5 Å². The number of thioether (sulfide) groups is 1. The number of ether oxygens (including phenoxy) is 1.